The van der Waals surface area contributed by atoms with Gasteiger partial charge in [0.25, 0.3) is 5.91 Å². The van der Waals surface area contributed by atoms with Gasteiger partial charge in [0.1, 0.15) is 10.9 Å². The minimum atomic E-state index is -0.956. The van der Waals surface area contributed by atoms with Crippen LogP contribution in [-0.2, 0) is 9.59 Å². The van der Waals surface area contributed by atoms with Crippen LogP contribution in [0.15, 0.2) is 0 Å². The first-order chi connectivity index (χ1) is 8.78. The lowest BCUT2D eigenvalue weighted by Crippen LogP contribution is -2.50. The molecule has 0 saturated carbocycles. The Morgan fingerprint density at radius 3 is 2.47 bits per heavy atom. The molecule has 7 heteroatoms. The van der Waals surface area contributed by atoms with E-state index in [0.29, 0.717) is 13.0 Å². The maximum atomic E-state index is 12.4. The average Bonchev–Trinajstić information content (AvgIpc) is 2.82. The lowest BCUT2D eigenvalue weighted by Gasteiger charge is -2.23. The van der Waals surface area contributed by atoms with Gasteiger partial charge < -0.3 is 10.2 Å². The van der Waals surface area contributed by atoms with E-state index in [2.05, 4.69) is 5.32 Å². The molecule has 0 aromatic carbocycles. The van der Waals surface area contributed by atoms with E-state index in [4.69, 9.17) is 11.6 Å². The standard InChI is InChI=1S/C12H18ClN3O3/c1-7(2)16-10(18)12(14-11(16)19)4-5-15(6-12)9(17)8(3)13/h7-8H,4-6H2,1-3H3,(H,14,19). The Kier molecular flexibility index (Phi) is 3.47. The number of likely N-dealkylation sites (tertiary alicyclic amines) is 1. The molecule has 19 heavy (non-hydrogen) atoms. The molecule has 0 aliphatic carbocycles. The van der Waals surface area contributed by atoms with Crippen LogP contribution in [0.4, 0.5) is 4.79 Å². The number of nitrogens with one attached hydrogen (secondary N) is 1. The Labute approximate surface area is 117 Å². The maximum absolute atomic E-state index is 12.4. The van der Waals surface area contributed by atoms with Gasteiger partial charge >= 0.3 is 6.03 Å². The van der Waals surface area contributed by atoms with Gasteiger partial charge in [-0.25, -0.2) is 4.79 Å². The highest BCUT2D eigenvalue weighted by Crippen LogP contribution is 2.30. The van der Waals surface area contributed by atoms with Gasteiger partial charge in [-0.2, -0.15) is 0 Å². The summed E-state index contributed by atoms with van der Waals surface area (Å²) in [5, 5.41) is 2.11. The molecule has 2 aliphatic rings. The molecule has 2 heterocycles. The molecule has 2 fully saturated rings. The molecule has 6 nitrogen and oxygen atoms in total. The summed E-state index contributed by atoms with van der Waals surface area (Å²) >= 11 is 5.77. The molecule has 0 bridgehead atoms. The summed E-state index contributed by atoms with van der Waals surface area (Å²) in [7, 11) is 0. The molecule has 0 radical (unpaired) electrons. The van der Waals surface area contributed by atoms with Gasteiger partial charge in [-0.15, -0.1) is 11.6 Å². The number of alkyl halides is 1. The van der Waals surface area contributed by atoms with Crippen molar-refractivity contribution in [2.45, 2.75) is 44.1 Å². The first-order valence-corrected chi connectivity index (χ1v) is 6.81. The minimum absolute atomic E-state index is 0.191. The predicted octanol–water partition coefficient (Wildman–Crippen LogP) is 0.545. The quantitative estimate of drug-likeness (QED) is 0.595. The highest BCUT2D eigenvalue weighted by Gasteiger charge is 2.56. The van der Waals surface area contributed by atoms with Crippen molar-refractivity contribution in [3.05, 3.63) is 0 Å². The fourth-order valence-electron chi connectivity index (χ4n) is 2.64. The van der Waals surface area contributed by atoms with Crippen LogP contribution in [0.5, 0.6) is 0 Å². The number of hydrogen-bond acceptors (Lipinski definition) is 3. The van der Waals surface area contributed by atoms with Crippen LogP contribution in [0.2, 0.25) is 0 Å². The van der Waals surface area contributed by atoms with Crippen LogP contribution < -0.4 is 5.32 Å². The third kappa shape index (κ3) is 2.18. The first kappa shape index (κ1) is 14.1. The Morgan fingerprint density at radius 1 is 1.37 bits per heavy atom. The zero-order valence-electron chi connectivity index (χ0n) is 11.3. The van der Waals surface area contributed by atoms with E-state index in [-0.39, 0.29) is 30.4 Å². The van der Waals surface area contributed by atoms with E-state index in [1.807, 2.05) is 0 Å². The zero-order valence-corrected chi connectivity index (χ0v) is 12.0. The molecule has 1 N–H and O–H groups in total. The Bertz CT molecular complexity index is 438. The molecular formula is C12H18ClN3O3. The second-order valence-electron chi connectivity index (χ2n) is 5.41. The molecule has 106 valence electrons. The van der Waals surface area contributed by atoms with Crippen molar-refractivity contribution in [1.82, 2.24) is 15.1 Å². The summed E-state index contributed by atoms with van der Waals surface area (Å²) < 4.78 is 0. The van der Waals surface area contributed by atoms with Crippen LogP contribution in [0.3, 0.4) is 0 Å². The predicted molar refractivity (Wildman–Crippen MR) is 69.8 cm³/mol. The summed E-state index contributed by atoms with van der Waals surface area (Å²) in [6.07, 6.45) is 0.441. The number of nitrogens with zero attached hydrogens (tertiary/aromatic N) is 2. The van der Waals surface area contributed by atoms with Gasteiger partial charge in [-0.3, -0.25) is 14.5 Å². The second-order valence-corrected chi connectivity index (χ2v) is 6.06. The largest absolute Gasteiger partial charge is 0.338 e. The number of carbonyl (C=O) groups is 3. The van der Waals surface area contributed by atoms with Crippen LogP contribution in [-0.4, -0.2) is 57.7 Å². The first-order valence-electron chi connectivity index (χ1n) is 6.37. The number of hydrogen-bond donors (Lipinski definition) is 1. The summed E-state index contributed by atoms with van der Waals surface area (Å²) in [6.45, 7) is 5.82. The number of urea groups is 1. The normalized spacial score (nSPS) is 28.5. The van der Waals surface area contributed by atoms with Gasteiger partial charge in [0, 0.05) is 12.6 Å². The molecule has 2 saturated heterocycles. The molecule has 0 aromatic rings. The maximum Gasteiger partial charge on any atom is 0.325 e. The number of imide groups is 1. The van der Waals surface area contributed by atoms with E-state index < -0.39 is 10.9 Å². The summed E-state index contributed by atoms with van der Waals surface area (Å²) in [4.78, 5) is 38.9. The van der Waals surface area contributed by atoms with E-state index in [9.17, 15) is 14.4 Å². The highest BCUT2D eigenvalue weighted by molar-refractivity contribution is 6.30. The Morgan fingerprint density at radius 2 is 2.00 bits per heavy atom. The molecule has 1 spiro atoms. The number of halogens is 1. The minimum Gasteiger partial charge on any atom is -0.338 e. The second kappa shape index (κ2) is 4.67. The fraction of sp³-hybridized carbons (Fsp3) is 0.750. The average molecular weight is 288 g/mol. The van der Waals surface area contributed by atoms with Gasteiger partial charge in [0.15, 0.2) is 0 Å². The number of carbonyl (C=O) groups excluding carboxylic acids is 3. The van der Waals surface area contributed by atoms with E-state index in [1.165, 1.54) is 4.90 Å². The van der Waals surface area contributed by atoms with Crippen molar-refractivity contribution in [2.75, 3.05) is 13.1 Å². The highest BCUT2D eigenvalue weighted by atomic mass is 35.5. The van der Waals surface area contributed by atoms with Crippen LogP contribution in [0.25, 0.3) is 0 Å². The van der Waals surface area contributed by atoms with Crippen LogP contribution in [0, 0.1) is 0 Å². The Balaban J connectivity index is 2.17. The molecule has 2 unspecified atom stereocenters. The van der Waals surface area contributed by atoms with Gasteiger partial charge in [-0.1, -0.05) is 0 Å². The van der Waals surface area contributed by atoms with Crippen molar-refractivity contribution >= 4 is 29.4 Å². The van der Waals surface area contributed by atoms with Gasteiger partial charge in [0.2, 0.25) is 5.91 Å². The molecule has 2 rings (SSSR count). The van der Waals surface area contributed by atoms with Crippen LogP contribution >= 0.6 is 11.6 Å². The van der Waals surface area contributed by atoms with Crippen LogP contribution in [0.1, 0.15) is 27.2 Å². The number of rotatable bonds is 2. The number of amides is 4. The molecule has 2 aliphatic heterocycles. The van der Waals surface area contributed by atoms with E-state index >= 15 is 0 Å². The van der Waals surface area contributed by atoms with Crippen molar-refractivity contribution in [3.63, 3.8) is 0 Å². The summed E-state index contributed by atoms with van der Waals surface area (Å²) in [5.41, 5.74) is -0.956. The molecular weight excluding hydrogens is 270 g/mol. The smallest absolute Gasteiger partial charge is 0.325 e. The van der Waals surface area contributed by atoms with Crippen molar-refractivity contribution in [3.8, 4) is 0 Å². The lowest BCUT2D eigenvalue weighted by atomic mass is 9.98. The monoisotopic (exact) mass is 287 g/mol. The zero-order chi connectivity index (χ0) is 14.4. The third-order valence-electron chi connectivity index (χ3n) is 3.63. The lowest BCUT2D eigenvalue weighted by molar-refractivity contribution is -0.133. The molecule has 4 amide bonds. The van der Waals surface area contributed by atoms with Crippen molar-refractivity contribution < 1.29 is 14.4 Å². The van der Waals surface area contributed by atoms with E-state index in [1.54, 1.807) is 25.7 Å². The summed E-state index contributed by atoms with van der Waals surface area (Å²) in [5.74, 6) is -0.450. The van der Waals surface area contributed by atoms with Gasteiger partial charge in [0.05, 0.1) is 6.54 Å². The summed E-state index contributed by atoms with van der Waals surface area (Å²) in [6, 6.07) is -0.572. The topological polar surface area (TPSA) is 69.7 Å². The Hall–Kier alpha value is -1.30. The molecule has 2 atom stereocenters. The molecule has 0 aromatic heterocycles. The van der Waals surface area contributed by atoms with Gasteiger partial charge in [-0.05, 0) is 27.2 Å². The third-order valence-corrected chi connectivity index (χ3v) is 3.82. The van der Waals surface area contributed by atoms with Crippen molar-refractivity contribution in [2.24, 2.45) is 0 Å². The fourth-order valence-corrected chi connectivity index (χ4v) is 2.77. The van der Waals surface area contributed by atoms with E-state index in [0.717, 1.165) is 0 Å². The van der Waals surface area contributed by atoms with Crippen molar-refractivity contribution in [1.29, 1.82) is 0 Å². The SMILES string of the molecule is CC(Cl)C(=O)N1CCC2(C1)NC(=O)N(C(C)C)C2=O.